The quantitative estimate of drug-likeness (QED) is 0.746. The number of likely N-dealkylation sites (tertiary alicyclic amines) is 1. The number of ether oxygens (including phenoxy) is 1. The Morgan fingerprint density at radius 2 is 1.80 bits per heavy atom. The van der Waals surface area contributed by atoms with E-state index in [0.29, 0.717) is 44.5 Å². The van der Waals surface area contributed by atoms with E-state index in [2.05, 4.69) is 5.32 Å². The monoisotopic (exact) mass is 418 g/mol. The average molecular weight is 419 g/mol. The predicted molar refractivity (Wildman–Crippen MR) is 110 cm³/mol. The number of nitrogens with zero attached hydrogens (tertiary/aromatic N) is 1. The zero-order valence-corrected chi connectivity index (χ0v) is 17.8. The number of amides is 2. The van der Waals surface area contributed by atoms with Gasteiger partial charge < -0.3 is 15.0 Å². The third-order valence-electron chi connectivity index (χ3n) is 6.44. The van der Waals surface area contributed by atoms with E-state index in [-0.39, 0.29) is 41.4 Å². The van der Waals surface area contributed by atoms with Crippen LogP contribution < -0.4 is 5.32 Å². The van der Waals surface area contributed by atoms with Crippen molar-refractivity contribution in [2.24, 2.45) is 17.8 Å². The van der Waals surface area contributed by atoms with E-state index < -0.39 is 0 Å². The molecule has 1 aliphatic carbocycles. The number of hydrogen-bond donors (Lipinski definition) is 1. The Bertz CT molecular complexity index is 789. The number of benzene rings is 1. The molecule has 0 unspecified atom stereocenters. The van der Waals surface area contributed by atoms with Crippen molar-refractivity contribution in [1.29, 1.82) is 0 Å². The molecule has 2 aliphatic rings. The summed E-state index contributed by atoms with van der Waals surface area (Å²) >= 11 is 0. The van der Waals surface area contributed by atoms with Crippen molar-refractivity contribution < 1.29 is 23.5 Å². The number of esters is 1. The van der Waals surface area contributed by atoms with Gasteiger partial charge in [0.25, 0.3) is 0 Å². The van der Waals surface area contributed by atoms with E-state index in [0.717, 1.165) is 24.8 Å². The summed E-state index contributed by atoms with van der Waals surface area (Å²) in [5.41, 5.74) is 1.31. The molecule has 1 aliphatic heterocycles. The fourth-order valence-electron chi connectivity index (χ4n) is 4.49. The van der Waals surface area contributed by atoms with Gasteiger partial charge in [-0.1, -0.05) is 18.6 Å². The lowest BCUT2D eigenvalue weighted by Gasteiger charge is -2.35. The normalized spacial score (nSPS) is 22.4. The number of methoxy groups -OCH3 is 1. The molecule has 0 bridgehead atoms. The first kappa shape index (κ1) is 22.2. The summed E-state index contributed by atoms with van der Waals surface area (Å²) in [5.74, 6) is -0.915. The van der Waals surface area contributed by atoms with Gasteiger partial charge >= 0.3 is 5.97 Å². The number of carbonyl (C=O) groups excluding carboxylic acids is 3. The molecule has 1 saturated heterocycles. The molecule has 2 fully saturated rings. The largest absolute Gasteiger partial charge is 0.469 e. The van der Waals surface area contributed by atoms with Crippen LogP contribution in [0.3, 0.4) is 0 Å². The second-order valence-electron chi connectivity index (χ2n) is 8.48. The maximum Gasteiger partial charge on any atom is 0.308 e. The Balaban J connectivity index is 1.45. The van der Waals surface area contributed by atoms with E-state index in [1.807, 2.05) is 11.0 Å². The first-order valence-electron chi connectivity index (χ1n) is 10.8. The van der Waals surface area contributed by atoms with Gasteiger partial charge in [0, 0.05) is 31.5 Å². The molecule has 1 aromatic rings. The van der Waals surface area contributed by atoms with E-state index in [1.165, 1.54) is 13.2 Å². The lowest BCUT2D eigenvalue weighted by Crippen LogP contribution is -2.46. The molecule has 7 heteroatoms. The Kier molecular flexibility index (Phi) is 7.45. The maximum atomic E-state index is 13.6. The minimum atomic E-state index is -0.272. The summed E-state index contributed by atoms with van der Waals surface area (Å²) in [4.78, 5) is 39.0. The number of hydrogen-bond acceptors (Lipinski definition) is 4. The van der Waals surface area contributed by atoms with Crippen molar-refractivity contribution in [2.75, 3.05) is 20.2 Å². The first-order valence-corrected chi connectivity index (χ1v) is 10.8. The number of halogens is 1. The van der Waals surface area contributed by atoms with Crippen LogP contribution in [-0.4, -0.2) is 42.9 Å². The fraction of sp³-hybridized carbons (Fsp3) is 0.609. The summed E-state index contributed by atoms with van der Waals surface area (Å²) in [6.45, 7) is 3.10. The molecule has 0 radical (unpaired) electrons. The number of rotatable bonds is 5. The zero-order valence-electron chi connectivity index (χ0n) is 17.8. The van der Waals surface area contributed by atoms with Crippen molar-refractivity contribution in [1.82, 2.24) is 10.2 Å². The van der Waals surface area contributed by atoms with Crippen LogP contribution in [0.2, 0.25) is 0 Å². The Morgan fingerprint density at radius 1 is 1.10 bits per heavy atom. The van der Waals surface area contributed by atoms with Gasteiger partial charge in [0.1, 0.15) is 5.82 Å². The smallest absolute Gasteiger partial charge is 0.308 e. The molecule has 1 aromatic carbocycles. The second kappa shape index (κ2) is 10.0. The van der Waals surface area contributed by atoms with Gasteiger partial charge in [0.05, 0.1) is 13.0 Å². The van der Waals surface area contributed by atoms with Crippen molar-refractivity contribution in [2.45, 2.75) is 52.0 Å². The molecule has 3 rings (SSSR count). The van der Waals surface area contributed by atoms with Crippen molar-refractivity contribution in [3.05, 3.63) is 35.1 Å². The first-order chi connectivity index (χ1) is 14.4. The molecule has 0 aromatic heterocycles. The third-order valence-corrected chi connectivity index (χ3v) is 6.44. The van der Waals surface area contributed by atoms with Crippen LogP contribution >= 0.6 is 0 Å². The highest BCUT2D eigenvalue weighted by Gasteiger charge is 2.35. The summed E-state index contributed by atoms with van der Waals surface area (Å²) in [5, 5.41) is 2.89. The third kappa shape index (κ3) is 5.37. The molecular weight excluding hydrogens is 387 g/mol. The predicted octanol–water partition coefficient (Wildman–Crippen LogP) is 2.97. The molecule has 164 valence electrons. The standard InChI is InChI=1S/C23H31FN2O4/c1-15-6-7-16(12-20(15)24)14-25-21(27)17-8-10-26(11-9-17)22(28)18-4-3-5-19(13-18)23(29)30-2/h6-7,12,17-19H,3-5,8-11,13-14H2,1-2H3,(H,25,27)/t18-,19+/m0/s1. The Hall–Kier alpha value is -2.44. The van der Waals surface area contributed by atoms with Crippen molar-refractivity contribution in [3.63, 3.8) is 0 Å². The Morgan fingerprint density at radius 3 is 2.47 bits per heavy atom. The SMILES string of the molecule is COC(=O)[C@@H]1CCC[C@H](C(=O)N2CCC(C(=O)NCc3ccc(C)c(F)c3)CC2)C1. The highest BCUT2D eigenvalue weighted by atomic mass is 19.1. The van der Waals surface area contributed by atoms with Gasteiger partial charge in [-0.25, -0.2) is 4.39 Å². The summed E-state index contributed by atoms with van der Waals surface area (Å²) in [6.07, 6.45) is 4.23. The van der Waals surface area contributed by atoms with Gasteiger partial charge in [0.15, 0.2) is 0 Å². The lowest BCUT2D eigenvalue weighted by molar-refractivity contribution is -0.149. The zero-order chi connectivity index (χ0) is 21.7. The van der Waals surface area contributed by atoms with Crippen LogP contribution in [0.5, 0.6) is 0 Å². The molecule has 30 heavy (non-hydrogen) atoms. The van der Waals surface area contributed by atoms with Crippen LogP contribution in [0, 0.1) is 30.5 Å². The van der Waals surface area contributed by atoms with E-state index in [9.17, 15) is 18.8 Å². The maximum absolute atomic E-state index is 13.6. The van der Waals surface area contributed by atoms with Gasteiger partial charge in [-0.3, -0.25) is 14.4 Å². The van der Waals surface area contributed by atoms with Crippen LogP contribution in [-0.2, 0) is 25.7 Å². The average Bonchev–Trinajstić information content (AvgIpc) is 2.78. The fourth-order valence-corrected chi connectivity index (χ4v) is 4.49. The molecule has 2 atom stereocenters. The van der Waals surface area contributed by atoms with Gasteiger partial charge in [-0.15, -0.1) is 0 Å². The summed E-state index contributed by atoms with van der Waals surface area (Å²) in [7, 11) is 1.39. The Labute approximate surface area is 177 Å². The van der Waals surface area contributed by atoms with Crippen LogP contribution in [0.25, 0.3) is 0 Å². The number of aryl methyl sites for hydroxylation is 1. The molecule has 6 nitrogen and oxygen atoms in total. The van der Waals surface area contributed by atoms with Crippen molar-refractivity contribution in [3.8, 4) is 0 Å². The number of piperidine rings is 1. The molecule has 1 N–H and O–H groups in total. The summed E-state index contributed by atoms with van der Waals surface area (Å²) < 4.78 is 18.5. The topological polar surface area (TPSA) is 75.7 Å². The van der Waals surface area contributed by atoms with Crippen molar-refractivity contribution >= 4 is 17.8 Å². The second-order valence-corrected chi connectivity index (χ2v) is 8.48. The van der Waals surface area contributed by atoms with E-state index in [4.69, 9.17) is 4.74 Å². The minimum absolute atomic E-state index is 0.0495. The molecule has 2 amide bonds. The van der Waals surface area contributed by atoms with Gasteiger partial charge in [-0.05, 0) is 56.2 Å². The lowest BCUT2D eigenvalue weighted by atomic mass is 9.80. The van der Waals surface area contributed by atoms with Gasteiger partial charge in [0.2, 0.25) is 11.8 Å². The van der Waals surface area contributed by atoms with Gasteiger partial charge in [-0.2, -0.15) is 0 Å². The number of carbonyl (C=O) groups is 3. The number of nitrogens with one attached hydrogen (secondary N) is 1. The highest BCUT2D eigenvalue weighted by Crippen LogP contribution is 2.32. The van der Waals surface area contributed by atoms with E-state index in [1.54, 1.807) is 13.0 Å². The molecule has 1 heterocycles. The van der Waals surface area contributed by atoms with Crippen LogP contribution in [0.1, 0.15) is 49.7 Å². The highest BCUT2D eigenvalue weighted by molar-refractivity contribution is 5.82. The van der Waals surface area contributed by atoms with E-state index >= 15 is 0 Å². The summed E-state index contributed by atoms with van der Waals surface area (Å²) in [6, 6.07) is 4.96. The van der Waals surface area contributed by atoms with Crippen LogP contribution in [0.4, 0.5) is 4.39 Å². The molecule has 1 saturated carbocycles. The molecular formula is C23H31FN2O4. The molecule has 0 spiro atoms. The minimum Gasteiger partial charge on any atom is -0.469 e. The van der Waals surface area contributed by atoms with Crippen LogP contribution in [0.15, 0.2) is 18.2 Å².